The molecule has 0 saturated carbocycles. The van der Waals surface area contributed by atoms with E-state index >= 15 is 0 Å². The number of halogens is 3. The standard InChI is InChI=1S/C42H18F3N7/c43-42(44,45)29-3-1-2-28(18-29)30-12-13-36(51-37-14-24(19-46)4-8-31(37)32-9-5-25(20-47)15-38(32)51)35(23-50)41(30)52-39-16-26(21-48)6-10-33(39)34-11-7-27(22-49)17-40(34)52/h1-18H. The third-order valence-corrected chi connectivity index (χ3v) is 9.28. The molecule has 8 rings (SSSR count). The molecule has 10 heteroatoms. The van der Waals surface area contributed by atoms with Crippen LogP contribution in [-0.4, -0.2) is 9.13 Å². The quantitative estimate of drug-likeness (QED) is 0.184. The smallest absolute Gasteiger partial charge is 0.308 e. The van der Waals surface area contributed by atoms with Gasteiger partial charge in [0.05, 0.1) is 85.5 Å². The number of benzene rings is 6. The van der Waals surface area contributed by atoms with E-state index in [0.29, 0.717) is 60.8 Å². The first-order valence-electron chi connectivity index (χ1n) is 15.7. The van der Waals surface area contributed by atoms with Crippen molar-refractivity contribution in [1.82, 2.24) is 9.13 Å². The van der Waals surface area contributed by atoms with Crippen LogP contribution < -0.4 is 0 Å². The zero-order valence-electron chi connectivity index (χ0n) is 26.7. The van der Waals surface area contributed by atoms with Gasteiger partial charge < -0.3 is 9.13 Å². The molecule has 52 heavy (non-hydrogen) atoms. The Morgan fingerprint density at radius 3 is 1.31 bits per heavy atom. The molecule has 6 aromatic carbocycles. The Kier molecular flexibility index (Phi) is 7.04. The Labute approximate surface area is 293 Å². The zero-order valence-corrected chi connectivity index (χ0v) is 26.7. The number of rotatable bonds is 3. The fourth-order valence-electron chi connectivity index (χ4n) is 7.02. The summed E-state index contributed by atoms with van der Waals surface area (Å²) in [7, 11) is 0. The molecular formula is C42H18F3N7. The van der Waals surface area contributed by atoms with E-state index in [1.54, 1.807) is 94.1 Å². The lowest BCUT2D eigenvalue weighted by atomic mass is 9.96. The number of hydrogen-bond donors (Lipinski definition) is 0. The summed E-state index contributed by atoms with van der Waals surface area (Å²) in [5, 5.41) is 53.5. The first-order chi connectivity index (χ1) is 25.2. The second kappa shape index (κ2) is 11.6. The van der Waals surface area contributed by atoms with Crippen LogP contribution in [0.2, 0.25) is 0 Å². The van der Waals surface area contributed by atoms with Crippen molar-refractivity contribution in [2.45, 2.75) is 6.18 Å². The summed E-state index contributed by atoms with van der Waals surface area (Å²) in [5.41, 5.74) is 3.63. The molecule has 0 bridgehead atoms. The van der Waals surface area contributed by atoms with E-state index < -0.39 is 11.7 Å². The molecule has 0 amide bonds. The van der Waals surface area contributed by atoms with Gasteiger partial charge in [0.25, 0.3) is 0 Å². The lowest BCUT2D eigenvalue weighted by Crippen LogP contribution is -2.08. The summed E-state index contributed by atoms with van der Waals surface area (Å²) in [6.07, 6.45) is -4.65. The van der Waals surface area contributed by atoms with Crippen LogP contribution in [0.25, 0.3) is 66.1 Å². The normalized spacial score (nSPS) is 11.3. The average molecular weight is 678 g/mol. The second-order valence-corrected chi connectivity index (χ2v) is 12.1. The molecule has 0 fully saturated rings. The van der Waals surface area contributed by atoms with E-state index in [-0.39, 0.29) is 22.4 Å². The highest BCUT2D eigenvalue weighted by molar-refractivity contribution is 6.12. The molecule has 0 aliphatic heterocycles. The first-order valence-corrected chi connectivity index (χ1v) is 15.7. The van der Waals surface area contributed by atoms with Crippen LogP contribution in [-0.2, 0) is 6.18 Å². The molecule has 8 aromatic rings. The van der Waals surface area contributed by atoms with Crippen LogP contribution in [0.3, 0.4) is 0 Å². The number of alkyl halides is 3. The Balaban J connectivity index is 1.60. The van der Waals surface area contributed by atoms with Crippen LogP contribution >= 0.6 is 0 Å². The molecule has 0 radical (unpaired) electrons. The summed E-state index contributed by atoms with van der Waals surface area (Å²) in [5.74, 6) is 0. The van der Waals surface area contributed by atoms with Gasteiger partial charge in [-0.2, -0.15) is 39.5 Å². The highest BCUT2D eigenvalue weighted by atomic mass is 19.4. The van der Waals surface area contributed by atoms with Crippen molar-refractivity contribution in [2.24, 2.45) is 0 Å². The van der Waals surface area contributed by atoms with Gasteiger partial charge in [0.1, 0.15) is 11.6 Å². The van der Waals surface area contributed by atoms with Crippen molar-refractivity contribution in [3.63, 3.8) is 0 Å². The van der Waals surface area contributed by atoms with Gasteiger partial charge in [0, 0.05) is 27.1 Å². The van der Waals surface area contributed by atoms with E-state index in [4.69, 9.17) is 0 Å². The maximum absolute atomic E-state index is 14.1. The molecule has 242 valence electrons. The van der Waals surface area contributed by atoms with Gasteiger partial charge in [-0.1, -0.05) is 42.5 Å². The van der Waals surface area contributed by atoms with E-state index in [1.165, 1.54) is 12.1 Å². The lowest BCUT2D eigenvalue weighted by Gasteiger charge is -2.20. The molecule has 0 unspecified atom stereocenters. The molecular weight excluding hydrogens is 660 g/mol. The lowest BCUT2D eigenvalue weighted by molar-refractivity contribution is -0.137. The largest absolute Gasteiger partial charge is 0.416 e. The highest BCUT2D eigenvalue weighted by Crippen LogP contribution is 2.43. The minimum atomic E-state index is -4.65. The number of hydrogen-bond acceptors (Lipinski definition) is 5. The van der Waals surface area contributed by atoms with Gasteiger partial charge >= 0.3 is 6.18 Å². The molecule has 2 aromatic heterocycles. The maximum atomic E-state index is 14.1. The van der Waals surface area contributed by atoms with E-state index in [2.05, 4.69) is 30.3 Å². The molecule has 2 heterocycles. The number of aromatic nitrogens is 2. The Bertz CT molecular complexity index is 2930. The summed E-state index contributed by atoms with van der Waals surface area (Å²) in [4.78, 5) is 0. The van der Waals surface area contributed by atoms with Gasteiger partial charge in [-0.25, -0.2) is 0 Å². The van der Waals surface area contributed by atoms with E-state index in [9.17, 15) is 39.5 Å². The minimum Gasteiger partial charge on any atom is -0.308 e. The van der Waals surface area contributed by atoms with Crippen LogP contribution in [0.15, 0.2) is 109 Å². The molecule has 0 atom stereocenters. The molecule has 0 saturated heterocycles. The van der Waals surface area contributed by atoms with Crippen LogP contribution in [0.1, 0.15) is 33.4 Å². The van der Waals surface area contributed by atoms with Gasteiger partial charge in [0.15, 0.2) is 0 Å². The average Bonchev–Trinajstić information content (AvgIpc) is 3.67. The third-order valence-electron chi connectivity index (χ3n) is 9.28. The van der Waals surface area contributed by atoms with E-state index in [0.717, 1.165) is 22.9 Å². The molecule has 0 N–H and O–H groups in total. The van der Waals surface area contributed by atoms with Crippen molar-refractivity contribution in [3.8, 4) is 52.8 Å². The van der Waals surface area contributed by atoms with Gasteiger partial charge in [-0.3, -0.25) is 0 Å². The Morgan fingerprint density at radius 2 is 0.904 bits per heavy atom. The first kappa shape index (κ1) is 31.4. The summed E-state index contributed by atoms with van der Waals surface area (Å²) in [6.45, 7) is 0. The summed E-state index contributed by atoms with van der Waals surface area (Å²) in [6, 6.07) is 39.5. The van der Waals surface area contributed by atoms with Crippen molar-refractivity contribution in [1.29, 1.82) is 26.3 Å². The fraction of sp³-hybridized carbons (Fsp3) is 0.0238. The molecule has 0 aliphatic rings. The van der Waals surface area contributed by atoms with E-state index in [1.807, 2.05) is 0 Å². The highest BCUT2D eigenvalue weighted by Gasteiger charge is 2.31. The summed E-state index contributed by atoms with van der Waals surface area (Å²) < 4.78 is 45.8. The minimum absolute atomic E-state index is 0.0574. The maximum Gasteiger partial charge on any atom is 0.416 e. The summed E-state index contributed by atoms with van der Waals surface area (Å²) >= 11 is 0. The predicted molar refractivity (Wildman–Crippen MR) is 189 cm³/mol. The second-order valence-electron chi connectivity index (χ2n) is 12.1. The fourth-order valence-corrected chi connectivity index (χ4v) is 7.02. The van der Waals surface area contributed by atoms with Crippen molar-refractivity contribution in [3.05, 3.63) is 143 Å². The van der Waals surface area contributed by atoms with Crippen LogP contribution in [0.4, 0.5) is 13.2 Å². The SMILES string of the molecule is N#Cc1ccc2c3ccc(C#N)cc3n(-c3ccc(-c4cccc(C(F)(F)F)c4)c(-n4c5cc(C#N)ccc5c5ccc(C#N)cc54)c3C#N)c2c1. The molecule has 0 spiro atoms. The predicted octanol–water partition coefficient (Wildman–Crippen LogP) is 9.92. The Hall–Kier alpha value is -7.84. The van der Waals surface area contributed by atoms with Gasteiger partial charge in [-0.05, 0) is 72.3 Å². The number of fused-ring (bicyclic) bond motifs is 6. The number of nitrogens with zero attached hydrogens (tertiary/aromatic N) is 7. The van der Waals surface area contributed by atoms with Gasteiger partial charge in [-0.15, -0.1) is 0 Å². The van der Waals surface area contributed by atoms with Crippen LogP contribution in [0, 0.1) is 56.7 Å². The topological polar surface area (TPSA) is 129 Å². The molecule has 7 nitrogen and oxygen atoms in total. The monoisotopic (exact) mass is 677 g/mol. The molecule has 0 aliphatic carbocycles. The Morgan fingerprint density at radius 1 is 0.462 bits per heavy atom. The van der Waals surface area contributed by atoms with Crippen molar-refractivity contribution in [2.75, 3.05) is 0 Å². The van der Waals surface area contributed by atoms with Crippen molar-refractivity contribution >= 4 is 43.6 Å². The van der Waals surface area contributed by atoms with Gasteiger partial charge in [0.2, 0.25) is 0 Å². The van der Waals surface area contributed by atoms with Crippen LogP contribution in [0.5, 0.6) is 0 Å². The van der Waals surface area contributed by atoms with Crippen molar-refractivity contribution < 1.29 is 13.2 Å². The zero-order chi connectivity index (χ0) is 36.3. The number of nitriles is 5. The third kappa shape index (κ3) is 4.71.